The summed E-state index contributed by atoms with van der Waals surface area (Å²) in [5.41, 5.74) is 4.59. The molecule has 2 aromatic heterocycles. The summed E-state index contributed by atoms with van der Waals surface area (Å²) >= 11 is 0. The fourth-order valence-corrected chi connectivity index (χ4v) is 2.13. The zero-order chi connectivity index (χ0) is 12.5. The molecular formula is C14H16N4. The lowest BCUT2D eigenvalue weighted by molar-refractivity contribution is 0.758. The van der Waals surface area contributed by atoms with Gasteiger partial charge < -0.3 is 0 Å². The van der Waals surface area contributed by atoms with Gasteiger partial charge in [0.15, 0.2) is 0 Å². The standard InChI is InChI=1S/C14H16N4/c1-10(13-9-15-5-6-16-13)7-14-12(11-3-4-11)8-17-18(14)2/h5-9,11H,3-4H2,1-2H3. The van der Waals surface area contributed by atoms with Crippen molar-refractivity contribution in [2.24, 2.45) is 7.05 Å². The molecule has 3 rings (SSSR count). The fourth-order valence-electron chi connectivity index (χ4n) is 2.13. The minimum absolute atomic E-state index is 0.708. The number of rotatable bonds is 3. The zero-order valence-electron chi connectivity index (χ0n) is 10.7. The van der Waals surface area contributed by atoms with Gasteiger partial charge in [0.1, 0.15) is 0 Å². The van der Waals surface area contributed by atoms with Crippen molar-refractivity contribution < 1.29 is 0 Å². The van der Waals surface area contributed by atoms with Crippen molar-refractivity contribution in [3.63, 3.8) is 0 Å². The van der Waals surface area contributed by atoms with E-state index in [1.54, 1.807) is 18.6 Å². The number of hydrogen-bond donors (Lipinski definition) is 0. The lowest BCUT2D eigenvalue weighted by atomic mass is 10.1. The van der Waals surface area contributed by atoms with E-state index < -0.39 is 0 Å². The minimum Gasteiger partial charge on any atom is -0.268 e. The first kappa shape index (κ1) is 11.1. The topological polar surface area (TPSA) is 43.6 Å². The summed E-state index contributed by atoms with van der Waals surface area (Å²) in [5, 5.41) is 4.36. The van der Waals surface area contributed by atoms with E-state index in [2.05, 4.69) is 28.1 Å². The van der Waals surface area contributed by atoms with Gasteiger partial charge in [-0.15, -0.1) is 0 Å². The third-order valence-electron chi connectivity index (χ3n) is 3.35. The van der Waals surface area contributed by atoms with E-state index in [0.29, 0.717) is 5.92 Å². The van der Waals surface area contributed by atoms with Crippen molar-refractivity contribution in [1.82, 2.24) is 19.7 Å². The molecular weight excluding hydrogens is 224 g/mol. The maximum Gasteiger partial charge on any atom is 0.0842 e. The molecule has 2 heterocycles. The number of nitrogens with zero attached hydrogens (tertiary/aromatic N) is 4. The van der Waals surface area contributed by atoms with Gasteiger partial charge in [0.05, 0.1) is 23.8 Å². The van der Waals surface area contributed by atoms with E-state index in [1.165, 1.54) is 24.1 Å². The Kier molecular flexibility index (Phi) is 2.70. The summed E-state index contributed by atoms with van der Waals surface area (Å²) in [6, 6.07) is 0. The average Bonchev–Trinajstić information content (AvgIpc) is 3.17. The van der Waals surface area contributed by atoms with Gasteiger partial charge in [0.2, 0.25) is 0 Å². The Labute approximate surface area is 106 Å². The lowest BCUT2D eigenvalue weighted by Crippen LogP contribution is -1.96. The molecule has 0 spiro atoms. The number of aromatic nitrogens is 4. The quantitative estimate of drug-likeness (QED) is 0.828. The Hall–Kier alpha value is -1.97. The highest BCUT2D eigenvalue weighted by Gasteiger charge is 2.27. The normalized spacial score (nSPS) is 16.0. The minimum atomic E-state index is 0.708. The summed E-state index contributed by atoms with van der Waals surface area (Å²) in [6.45, 7) is 2.06. The van der Waals surface area contributed by atoms with Gasteiger partial charge in [0, 0.05) is 25.0 Å². The molecule has 1 fully saturated rings. The second kappa shape index (κ2) is 4.37. The van der Waals surface area contributed by atoms with E-state index >= 15 is 0 Å². The molecule has 1 saturated carbocycles. The summed E-state index contributed by atoms with van der Waals surface area (Å²) in [5.74, 6) is 0.708. The molecule has 0 aromatic carbocycles. The Morgan fingerprint density at radius 3 is 2.83 bits per heavy atom. The third-order valence-corrected chi connectivity index (χ3v) is 3.35. The molecule has 4 heteroatoms. The molecule has 1 aliphatic rings. The number of aryl methyl sites for hydroxylation is 1. The van der Waals surface area contributed by atoms with Crippen LogP contribution < -0.4 is 0 Å². The van der Waals surface area contributed by atoms with Crippen LogP contribution in [0, 0.1) is 0 Å². The van der Waals surface area contributed by atoms with E-state index in [4.69, 9.17) is 0 Å². The van der Waals surface area contributed by atoms with Crippen molar-refractivity contribution in [1.29, 1.82) is 0 Å². The molecule has 92 valence electrons. The van der Waals surface area contributed by atoms with Gasteiger partial charge in [-0.05, 0) is 37.3 Å². The predicted octanol–water partition coefficient (Wildman–Crippen LogP) is 2.65. The van der Waals surface area contributed by atoms with Crippen molar-refractivity contribution in [3.05, 3.63) is 41.7 Å². The third kappa shape index (κ3) is 2.06. The van der Waals surface area contributed by atoms with Crippen molar-refractivity contribution in [2.75, 3.05) is 0 Å². The molecule has 4 nitrogen and oxygen atoms in total. The average molecular weight is 240 g/mol. The smallest absolute Gasteiger partial charge is 0.0842 e. The second-order valence-corrected chi connectivity index (χ2v) is 4.80. The van der Waals surface area contributed by atoms with Crippen LogP contribution in [0.4, 0.5) is 0 Å². The molecule has 2 aromatic rings. The molecule has 0 saturated heterocycles. The largest absolute Gasteiger partial charge is 0.268 e. The maximum absolute atomic E-state index is 4.36. The first-order chi connectivity index (χ1) is 8.75. The molecule has 0 aliphatic heterocycles. The van der Waals surface area contributed by atoms with Gasteiger partial charge in [-0.2, -0.15) is 5.10 Å². The molecule has 0 N–H and O–H groups in total. The summed E-state index contributed by atoms with van der Waals surface area (Å²) in [6.07, 6.45) is 11.9. The highest BCUT2D eigenvalue weighted by Crippen LogP contribution is 2.42. The number of hydrogen-bond acceptors (Lipinski definition) is 3. The summed E-state index contributed by atoms with van der Waals surface area (Å²) in [7, 11) is 1.99. The SMILES string of the molecule is CC(=Cc1c(C2CC2)cnn1C)c1cnccn1. The van der Waals surface area contributed by atoms with E-state index in [0.717, 1.165) is 11.3 Å². The Balaban J connectivity index is 1.98. The molecule has 0 radical (unpaired) electrons. The van der Waals surface area contributed by atoms with Crippen LogP contribution in [0.25, 0.3) is 11.6 Å². The molecule has 0 bridgehead atoms. The van der Waals surface area contributed by atoms with Crippen molar-refractivity contribution in [3.8, 4) is 0 Å². The van der Waals surface area contributed by atoms with Crippen LogP contribution in [-0.4, -0.2) is 19.7 Å². The van der Waals surface area contributed by atoms with Crippen LogP contribution in [0.2, 0.25) is 0 Å². The van der Waals surface area contributed by atoms with Gasteiger partial charge >= 0.3 is 0 Å². The Morgan fingerprint density at radius 1 is 1.33 bits per heavy atom. The predicted molar refractivity (Wildman–Crippen MR) is 70.8 cm³/mol. The summed E-state index contributed by atoms with van der Waals surface area (Å²) in [4.78, 5) is 8.42. The van der Waals surface area contributed by atoms with Gasteiger partial charge in [-0.3, -0.25) is 14.6 Å². The van der Waals surface area contributed by atoms with Gasteiger partial charge in [-0.1, -0.05) is 0 Å². The van der Waals surface area contributed by atoms with Crippen LogP contribution in [0.3, 0.4) is 0 Å². The molecule has 1 aliphatic carbocycles. The van der Waals surface area contributed by atoms with E-state index in [9.17, 15) is 0 Å². The first-order valence-corrected chi connectivity index (χ1v) is 6.22. The molecule has 0 atom stereocenters. The first-order valence-electron chi connectivity index (χ1n) is 6.22. The maximum atomic E-state index is 4.36. The molecule has 18 heavy (non-hydrogen) atoms. The highest BCUT2D eigenvalue weighted by atomic mass is 15.3. The number of allylic oxidation sites excluding steroid dienone is 1. The molecule has 0 amide bonds. The van der Waals surface area contributed by atoms with Crippen LogP contribution in [-0.2, 0) is 7.05 Å². The van der Waals surface area contributed by atoms with Crippen LogP contribution in [0.15, 0.2) is 24.8 Å². The fraction of sp³-hybridized carbons (Fsp3) is 0.357. The second-order valence-electron chi connectivity index (χ2n) is 4.80. The lowest BCUT2D eigenvalue weighted by Gasteiger charge is -2.03. The van der Waals surface area contributed by atoms with Crippen LogP contribution in [0.5, 0.6) is 0 Å². The van der Waals surface area contributed by atoms with Crippen molar-refractivity contribution in [2.45, 2.75) is 25.7 Å². The monoisotopic (exact) mass is 240 g/mol. The van der Waals surface area contributed by atoms with Crippen molar-refractivity contribution >= 4 is 11.6 Å². The summed E-state index contributed by atoms with van der Waals surface area (Å²) < 4.78 is 1.94. The van der Waals surface area contributed by atoms with E-state index in [1.807, 2.05) is 17.9 Å². The van der Waals surface area contributed by atoms with Crippen LogP contribution in [0.1, 0.15) is 42.6 Å². The highest BCUT2D eigenvalue weighted by molar-refractivity contribution is 5.78. The Morgan fingerprint density at radius 2 is 2.17 bits per heavy atom. The molecule has 0 unspecified atom stereocenters. The van der Waals surface area contributed by atoms with Gasteiger partial charge in [0.25, 0.3) is 0 Å². The zero-order valence-corrected chi connectivity index (χ0v) is 10.7. The Bertz CT molecular complexity index is 579. The van der Waals surface area contributed by atoms with E-state index in [-0.39, 0.29) is 0 Å². The van der Waals surface area contributed by atoms with Crippen LogP contribution >= 0.6 is 0 Å². The van der Waals surface area contributed by atoms with Gasteiger partial charge in [-0.25, -0.2) is 0 Å².